The third-order valence-electron chi connectivity index (χ3n) is 8.77. The number of aliphatic hydroxyl groups is 1. The summed E-state index contributed by atoms with van der Waals surface area (Å²) in [6.45, 7) is 1.43. The van der Waals surface area contributed by atoms with Crippen LogP contribution < -0.4 is 19.6 Å². The number of hydrogen-bond acceptors (Lipinski definition) is 16. The van der Waals surface area contributed by atoms with Gasteiger partial charge in [-0.15, -0.1) is 0 Å². The van der Waals surface area contributed by atoms with Gasteiger partial charge < -0.3 is 63.5 Å². The molecule has 1 aromatic heterocycles. The van der Waals surface area contributed by atoms with Gasteiger partial charge in [-0.05, 0) is 78.7 Å². The minimum absolute atomic E-state index is 0.115. The zero-order chi connectivity index (χ0) is 41.0. The van der Waals surface area contributed by atoms with Gasteiger partial charge in [0.25, 0.3) is 0 Å². The topological polar surface area (TPSA) is 241 Å². The van der Waals surface area contributed by atoms with Crippen molar-refractivity contribution in [3.05, 3.63) is 106 Å². The molecule has 0 spiro atoms. The first-order valence-corrected chi connectivity index (χ1v) is 17.1. The maximum absolute atomic E-state index is 14.0. The second-order valence-corrected chi connectivity index (χ2v) is 12.6. The SMILES string of the molecule is COc1cc(/C=C/C(=O)O[C@@H]2[C@@H](O)[C@@H](OC(=O)/C=C/c3ccc(O)c(OC)c3)[C@H](Oc3c(-c4ccc(O)cc4)oc4cc(O)cc(O)c4c3=O)O[C@H]2C)ccc1O. The van der Waals surface area contributed by atoms with Gasteiger partial charge in [0.15, 0.2) is 41.0 Å². The van der Waals surface area contributed by atoms with E-state index in [-0.39, 0.29) is 51.0 Å². The average Bonchev–Trinajstić information content (AvgIpc) is 3.18. The molecule has 1 aliphatic heterocycles. The zero-order valence-electron chi connectivity index (χ0n) is 30.4. The first kappa shape index (κ1) is 39.5. The number of carbonyl (C=O) groups excluding carboxylic acids is 2. The minimum atomic E-state index is -1.84. The summed E-state index contributed by atoms with van der Waals surface area (Å²) in [6.07, 6.45) is -3.31. The molecule has 5 atom stereocenters. The predicted molar refractivity (Wildman–Crippen MR) is 201 cm³/mol. The fourth-order valence-corrected chi connectivity index (χ4v) is 5.94. The van der Waals surface area contributed by atoms with Crippen molar-refractivity contribution in [2.24, 2.45) is 0 Å². The summed E-state index contributed by atoms with van der Waals surface area (Å²) in [4.78, 5) is 40.4. The Bertz CT molecular complexity index is 2420. The van der Waals surface area contributed by atoms with Gasteiger partial charge in [0, 0.05) is 29.8 Å². The molecule has 57 heavy (non-hydrogen) atoms. The van der Waals surface area contributed by atoms with E-state index in [1.165, 1.54) is 94.0 Å². The molecule has 0 radical (unpaired) electrons. The van der Waals surface area contributed by atoms with Crippen molar-refractivity contribution in [1.29, 1.82) is 0 Å². The predicted octanol–water partition coefficient (Wildman–Crippen LogP) is 4.74. The normalized spacial score (nSPS) is 19.4. The van der Waals surface area contributed by atoms with E-state index in [0.29, 0.717) is 11.1 Å². The third-order valence-corrected chi connectivity index (χ3v) is 8.77. The highest BCUT2D eigenvalue weighted by molar-refractivity contribution is 5.89. The van der Waals surface area contributed by atoms with Gasteiger partial charge in [-0.2, -0.15) is 0 Å². The average molecular weight is 785 g/mol. The van der Waals surface area contributed by atoms with Gasteiger partial charge in [0.1, 0.15) is 34.3 Å². The highest BCUT2D eigenvalue weighted by Crippen LogP contribution is 2.38. The molecule has 1 fully saturated rings. The lowest BCUT2D eigenvalue weighted by Crippen LogP contribution is -2.61. The van der Waals surface area contributed by atoms with Crippen LogP contribution in [0.4, 0.5) is 0 Å². The van der Waals surface area contributed by atoms with Gasteiger partial charge >= 0.3 is 11.9 Å². The molecule has 0 bridgehead atoms. The van der Waals surface area contributed by atoms with E-state index >= 15 is 0 Å². The molecule has 0 aliphatic carbocycles. The van der Waals surface area contributed by atoms with Crippen LogP contribution in [0.25, 0.3) is 34.4 Å². The Morgan fingerprint density at radius 1 is 0.702 bits per heavy atom. The number of fused-ring (bicyclic) bond motifs is 1. The lowest BCUT2D eigenvalue weighted by molar-refractivity contribution is -0.275. The van der Waals surface area contributed by atoms with Crippen LogP contribution >= 0.6 is 0 Å². The number of phenols is 5. The van der Waals surface area contributed by atoms with Crippen molar-refractivity contribution >= 4 is 35.1 Å². The Morgan fingerprint density at radius 2 is 1.26 bits per heavy atom. The third kappa shape index (κ3) is 8.72. The number of rotatable bonds is 11. The first-order valence-electron chi connectivity index (χ1n) is 17.1. The van der Waals surface area contributed by atoms with E-state index in [4.69, 9.17) is 32.8 Å². The fraction of sp³-hybridized carbons (Fsp3) is 0.195. The highest BCUT2D eigenvalue weighted by atomic mass is 16.7. The number of hydrogen-bond donors (Lipinski definition) is 6. The highest BCUT2D eigenvalue weighted by Gasteiger charge is 2.49. The zero-order valence-corrected chi connectivity index (χ0v) is 30.4. The number of esters is 2. The summed E-state index contributed by atoms with van der Waals surface area (Å²) in [7, 11) is 2.71. The molecule has 4 aromatic carbocycles. The Morgan fingerprint density at radius 3 is 1.82 bits per heavy atom. The monoisotopic (exact) mass is 784 g/mol. The van der Waals surface area contributed by atoms with Crippen LogP contribution in [0.15, 0.2) is 94.2 Å². The molecule has 16 heteroatoms. The van der Waals surface area contributed by atoms with Crippen molar-refractivity contribution in [3.63, 3.8) is 0 Å². The summed E-state index contributed by atoms with van der Waals surface area (Å²) < 4.78 is 39.5. The van der Waals surface area contributed by atoms with Crippen LogP contribution in [0.5, 0.6) is 46.0 Å². The van der Waals surface area contributed by atoms with Gasteiger partial charge in [0.05, 0.1) is 20.3 Å². The number of carbonyl (C=O) groups is 2. The van der Waals surface area contributed by atoms with E-state index in [2.05, 4.69) is 0 Å². The number of aromatic hydroxyl groups is 5. The van der Waals surface area contributed by atoms with Crippen LogP contribution in [-0.2, 0) is 23.8 Å². The van der Waals surface area contributed by atoms with Crippen LogP contribution in [-0.4, -0.2) is 87.5 Å². The lowest BCUT2D eigenvalue weighted by atomic mass is 9.99. The number of ether oxygens (including phenoxy) is 6. The molecule has 0 saturated carbocycles. The van der Waals surface area contributed by atoms with Crippen LogP contribution in [0.1, 0.15) is 18.1 Å². The Kier molecular flexibility index (Phi) is 11.6. The molecule has 5 aromatic rings. The van der Waals surface area contributed by atoms with E-state index in [0.717, 1.165) is 24.3 Å². The number of benzene rings is 4. The molecule has 6 N–H and O–H groups in total. The summed E-state index contributed by atoms with van der Waals surface area (Å²) >= 11 is 0. The standard InChI is InChI=1S/C41H36O16/c1-20-37(55-32(47)14-6-21-4-12-26(44)29(16-21)51-2)36(50)40(56-33(48)15-7-22-5-13-27(45)30(17-22)52-3)41(53-20)57-39-35(49)34-28(46)18-25(43)19-31(34)54-38(39)23-8-10-24(42)11-9-23/h4-20,36-37,40-46,50H,1-3H3/b14-6+,15-7+/t20-,36+,37-,40+,41-/m0/s1. The molecule has 0 unspecified atom stereocenters. The summed E-state index contributed by atoms with van der Waals surface area (Å²) in [5, 5.41) is 61.8. The van der Waals surface area contributed by atoms with Crippen LogP contribution in [0.3, 0.4) is 0 Å². The lowest BCUT2D eigenvalue weighted by Gasteiger charge is -2.41. The van der Waals surface area contributed by atoms with Crippen molar-refractivity contribution in [1.82, 2.24) is 0 Å². The molecule has 16 nitrogen and oxygen atoms in total. The maximum atomic E-state index is 14.0. The van der Waals surface area contributed by atoms with Crippen LogP contribution in [0, 0.1) is 0 Å². The fourth-order valence-electron chi connectivity index (χ4n) is 5.94. The Labute approximate surface area is 323 Å². The molecule has 1 saturated heterocycles. The molecule has 296 valence electrons. The Hall–Kier alpha value is -7.17. The van der Waals surface area contributed by atoms with E-state index in [1.54, 1.807) is 0 Å². The van der Waals surface area contributed by atoms with Gasteiger partial charge in [-0.1, -0.05) is 12.1 Å². The largest absolute Gasteiger partial charge is 0.508 e. The molecule has 2 heterocycles. The minimum Gasteiger partial charge on any atom is -0.508 e. The van der Waals surface area contributed by atoms with Gasteiger partial charge in [0.2, 0.25) is 17.5 Å². The van der Waals surface area contributed by atoms with E-state index in [1.807, 2.05) is 0 Å². The van der Waals surface area contributed by atoms with Crippen molar-refractivity contribution in [2.75, 3.05) is 14.2 Å². The summed E-state index contributed by atoms with van der Waals surface area (Å²) in [5.41, 5.74) is -0.0894. The van der Waals surface area contributed by atoms with Crippen molar-refractivity contribution < 1.29 is 73.1 Å². The smallest absolute Gasteiger partial charge is 0.331 e. The molecule has 0 amide bonds. The molecular formula is C41H36O16. The van der Waals surface area contributed by atoms with E-state index < -0.39 is 65.3 Å². The summed E-state index contributed by atoms with van der Waals surface area (Å²) in [6, 6.07) is 16.0. The maximum Gasteiger partial charge on any atom is 0.331 e. The number of aliphatic hydroxyl groups excluding tert-OH is 1. The second-order valence-electron chi connectivity index (χ2n) is 12.6. The number of phenolic OH excluding ortho intramolecular Hbond substituents is 5. The Balaban J connectivity index is 1.35. The summed E-state index contributed by atoms with van der Waals surface area (Å²) in [5.74, 6) is -3.94. The second kappa shape index (κ2) is 16.7. The molecular weight excluding hydrogens is 748 g/mol. The first-order chi connectivity index (χ1) is 27.3. The molecule has 1 aliphatic rings. The van der Waals surface area contributed by atoms with Gasteiger partial charge in [-0.3, -0.25) is 4.79 Å². The van der Waals surface area contributed by atoms with Crippen molar-refractivity contribution in [3.8, 4) is 57.3 Å². The van der Waals surface area contributed by atoms with E-state index in [9.17, 15) is 45.0 Å². The van der Waals surface area contributed by atoms with Crippen molar-refractivity contribution in [2.45, 2.75) is 37.6 Å². The molecule has 6 rings (SSSR count). The van der Waals surface area contributed by atoms with Gasteiger partial charge in [-0.25, -0.2) is 9.59 Å². The van der Waals surface area contributed by atoms with Crippen LogP contribution in [0.2, 0.25) is 0 Å². The number of methoxy groups -OCH3 is 2. The quantitative estimate of drug-likeness (QED) is 0.0783.